The van der Waals surface area contributed by atoms with Crippen molar-refractivity contribution >= 4 is 29.2 Å². The zero-order valence-corrected chi connectivity index (χ0v) is 20.5. The number of carboxylic acid groups (broad SMARTS) is 1. The Morgan fingerprint density at radius 1 is 1.16 bits per heavy atom. The normalized spacial score (nSPS) is 20.8. The predicted octanol–water partition coefficient (Wildman–Crippen LogP) is 6.74. The molecular formula is C27H32O4S. The van der Waals surface area contributed by atoms with Gasteiger partial charge in [0.15, 0.2) is 11.4 Å². The highest BCUT2D eigenvalue weighted by atomic mass is 32.1. The molecule has 170 valence electrons. The third-order valence-corrected chi connectivity index (χ3v) is 7.56. The van der Waals surface area contributed by atoms with Crippen molar-refractivity contribution in [2.75, 3.05) is 0 Å². The maximum atomic E-state index is 13.4. The lowest BCUT2D eigenvalue weighted by molar-refractivity contribution is -0.152. The first-order valence-corrected chi connectivity index (χ1v) is 11.7. The molecule has 32 heavy (non-hydrogen) atoms. The molecule has 0 saturated heterocycles. The van der Waals surface area contributed by atoms with Crippen LogP contribution in [0.3, 0.4) is 0 Å². The number of thiophene rings is 1. The predicted molar refractivity (Wildman–Crippen MR) is 131 cm³/mol. The van der Waals surface area contributed by atoms with Gasteiger partial charge in [0.1, 0.15) is 5.75 Å². The summed E-state index contributed by atoms with van der Waals surface area (Å²) in [7, 11) is 0. The summed E-state index contributed by atoms with van der Waals surface area (Å²) in [4.78, 5) is 26.8. The van der Waals surface area contributed by atoms with Gasteiger partial charge >= 0.3 is 5.97 Å². The van der Waals surface area contributed by atoms with Gasteiger partial charge in [0.2, 0.25) is 0 Å². The number of carbonyl (C=O) groups excluding carboxylic acids is 1. The van der Waals surface area contributed by atoms with E-state index >= 15 is 0 Å². The molecule has 1 aromatic heterocycles. The summed E-state index contributed by atoms with van der Waals surface area (Å²) in [6, 6.07) is 6.10. The second kappa shape index (κ2) is 9.07. The average Bonchev–Trinajstić information content (AvgIpc) is 3.07. The number of aryl methyl sites for hydroxylation is 3. The molecule has 4 nitrogen and oxygen atoms in total. The number of rotatable bonds is 8. The average molecular weight is 453 g/mol. The number of benzene rings is 1. The molecular weight excluding hydrogens is 420 g/mol. The Kier molecular flexibility index (Phi) is 6.80. The summed E-state index contributed by atoms with van der Waals surface area (Å²) in [5.41, 5.74) is 2.70. The van der Waals surface area contributed by atoms with Gasteiger partial charge in [0.05, 0.1) is 4.88 Å². The number of allylic oxidation sites excluding steroid dienone is 2. The lowest BCUT2D eigenvalue weighted by Crippen LogP contribution is -2.39. The van der Waals surface area contributed by atoms with Crippen LogP contribution in [-0.2, 0) is 4.79 Å². The molecule has 0 amide bonds. The number of hydrogen-bond acceptors (Lipinski definition) is 4. The van der Waals surface area contributed by atoms with E-state index in [-0.39, 0.29) is 17.6 Å². The minimum absolute atomic E-state index is 0.0506. The van der Waals surface area contributed by atoms with E-state index in [0.29, 0.717) is 11.7 Å². The first-order valence-electron chi connectivity index (χ1n) is 10.9. The lowest BCUT2D eigenvalue weighted by Gasteiger charge is -2.42. The number of ether oxygens (including phenoxy) is 1. The van der Waals surface area contributed by atoms with Crippen molar-refractivity contribution in [3.8, 4) is 5.75 Å². The molecule has 0 radical (unpaired) electrons. The van der Waals surface area contributed by atoms with Crippen LogP contribution >= 0.6 is 11.3 Å². The second-order valence-electron chi connectivity index (χ2n) is 9.36. The smallest absolute Gasteiger partial charge is 0.347 e. The first-order chi connectivity index (χ1) is 15.0. The standard InChI is InChI=1S/C27H32O4S/c1-8-9-10-21-15(2)14-22(32-21)24(28)23-16(3)13-20(23)19-11-17(4)25(18(5)12-19)31-27(6,7)26(29)30/h8-12,14,16,20,23H,1,13H2,2-7H3,(H,29,30)/b10-9-. The van der Waals surface area contributed by atoms with Gasteiger partial charge in [-0.2, -0.15) is 0 Å². The van der Waals surface area contributed by atoms with Gasteiger partial charge < -0.3 is 9.84 Å². The Morgan fingerprint density at radius 3 is 2.31 bits per heavy atom. The molecule has 1 aromatic carbocycles. The van der Waals surface area contributed by atoms with E-state index in [1.807, 2.05) is 39.0 Å². The van der Waals surface area contributed by atoms with Crippen LogP contribution in [0.15, 0.2) is 36.9 Å². The molecule has 1 fully saturated rings. The highest BCUT2D eigenvalue weighted by Gasteiger charge is 2.44. The summed E-state index contributed by atoms with van der Waals surface area (Å²) in [5, 5.41) is 9.41. The number of ketones is 1. The summed E-state index contributed by atoms with van der Waals surface area (Å²) >= 11 is 1.54. The molecule has 1 heterocycles. The molecule has 1 aliphatic carbocycles. The first kappa shape index (κ1) is 24.0. The van der Waals surface area contributed by atoms with Gasteiger partial charge in [-0.15, -0.1) is 11.3 Å². The number of carboxylic acids is 1. The topological polar surface area (TPSA) is 63.6 Å². The van der Waals surface area contributed by atoms with E-state index < -0.39 is 11.6 Å². The molecule has 0 bridgehead atoms. The van der Waals surface area contributed by atoms with Crippen LogP contribution in [0.2, 0.25) is 0 Å². The molecule has 3 unspecified atom stereocenters. The van der Waals surface area contributed by atoms with Crippen molar-refractivity contribution in [1.82, 2.24) is 0 Å². The van der Waals surface area contributed by atoms with Gasteiger partial charge in [-0.3, -0.25) is 4.79 Å². The van der Waals surface area contributed by atoms with Crippen molar-refractivity contribution in [2.45, 2.75) is 59.5 Å². The third kappa shape index (κ3) is 4.58. The van der Waals surface area contributed by atoms with Crippen LogP contribution < -0.4 is 4.74 Å². The Hall–Kier alpha value is -2.66. The van der Waals surface area contributed by atoms with Gasteiger partial charge in [0, 0.05) is 10.8 Å². The largest absolute Gasteiger partial charge is 0.478 e. The molecule has 0 spiro atoms. The summed E-state index contributed by atoms with van der Waals surface area (Å²) in [6.07, 6.45) is 6.59. The van der Waals surface area contributed by atoms with Crippen LogP contribution in [-0.4, -0.2) is 22.5 Å². The van der Waals surface area contributed by atoms with Crippen LogP contribution in [0.4, 0.5) is 0 Å². The minimum Gasteiger partial charge on any atom is -0.478 e. The lowest BCUT2D eigenvalue weighted by atomic mass is 9.61. The van der Waals surface area contributed by atoms with Crippen molar-refractivity contribution in [3.05, 3.63) is 68.9 Å². The summed E-state index contributed by atoms with van der Waals surface area (Å²) in [5.74, 6) is 0.236. The van der Waals surface area contributed by atoms with E-state index in [0.717, 1.165) is 38.4 Å². The minimum atomic E-state index is -1.31. The monoisotopic (exact) mass is 452 g/mol. The van der Waals surface area contributed by atoms with Crippen LogP contribution in [0.5, 0.6) is 5.75 Å². The molecule has 1 aliphatic rings. The molecule has 5 heteroatoms. The number of Topliss-reactive ketones (excluding diaryl/α,β-unsaturated/α-hetero) is 1. The van der Waals surface area contributed by atoms with Gasteiger partial charge in [0.25, 0.3) is 0 Å². The summed E-state index contributed by atoms with van der Waals surface area (Å²) in [6.45, 7) is 14.8. The number of carbonyl (C=O) groups is 2. The molecule has 3 atom stereocenters. The van der Waals surface area contributed by atoms with Gasteiger partial charge in [-0.05, 0) is 87.3 Å². The van der Waals surface area contributed by atoms with Gasteiger partial charge in [-0.25, -0.2) is 4.79 Å². The van der Waals surface area contributed by atoms with Crippen molar-refractivity contribution in [3.63, 3.8) is 0 Å². The summed E-state index contributed by atoms with van der Waals surface area (Å²) < 4.78 is 5.85. The van der Waals surface area contributed by atoms with E-state index in [1.165, 1.54) is 0 Å². The highest BCUT2D eigenvalue weighted by molar-refractivity contribution is 7.15. The number of hydrogen-bond donors (Lipinski definition) is 1. The molecule has 1 saturated carbocycles. The molecule has 0 aliphatic heterocycles. The zero-order valence-electron chi connectivity index (χ0n) is 19.7. The fourth-order valence-corrected chi connectivity index (χ4v) is 5.52. The molecule has 2 aromatic rings. The second-order valence-corrected chi connectivity index (χ2v) is 10.4. The van der Waals surface area contributed by atoms with Gasteiger partial charge in [-0.1, -0.05) is 37.8 Å². The fraction of sp³-hybridized carbons (Fsp3) is 0.407. The van der Waals surface area contributed by atoms with Crippen molar-refractivity contribution < 1.29 is 19.4 Å². The molecule has 3 rings (SSSR count). The number of aliphatic carboxylic acids is 1. The SMILES string of the molecule is C=C/C=C\c1sc(C(=O)C2C(C)CC2c2cc(C)c(OC(C)(C)C(=O)O)c(C)c2)cc1C. The van der Waals surface area contributed by atoms with E-state index in [4.69, 9.17) is 4.74 Å². The Bertz CT molecular complexity index is 1070. The Labute approximate surface area is 194 Å². The maximum absolute atomic E-state index is 13.4. The van der Waals surface area contributed by atoms with Crippen LogP contribution in [0.1, 0.15) is 69.9 Å². The molecule has 1 N–H and O–H groups in total. The quantitative estimate of drug-likeness (QED) is 0.356. The fourth-order valence-electron chi connectivity index (χ4n) is 4.44. The van der Waals surface area contributed by atoms with Crippen LogP contribution in [0.25, 0.3) is 6.08 Å². The Balaban J connectivity index is 1.87. The van der Waals surface area contributed by atoms with E-state index in [1.54, 1.807) is 31.3 Å². The van der Waals surface area contributed by atoms with Crippen LogP contribution in [0, 0.1) is 32.6 Å². The highest BCUT2D eigenvalue weighted by Crippen LogP contribution is 2.50. The third-order valence-electron chi connectivity index (χ3n) is 6.34. The van der Waals surface area contributed by atoms with E-state index in [2.05, 4.69) is 25.6 Å². The van der Waals surface area contributed by atoms with Crippen molar-refractivity contribution in [2.24, 2.45) is 11.8 Å². The Morgan fingerprint density at radius 2 is 1.78 bits per heavy atom. The van der Waals surface area contributed by atoms with Crippen molar-refractivity contribution in [1.29, 1.82) is 0 Å². The zero-order chi connectivity index (χ0) is 23.8. The maximum Gasteiger partial charge on any atom is 0.347 e. The van der Waals surface area contributed by atoms with E-state index in [9.17, 15) is 14.7 Å².